The quantitative estimate of drug-likeness (QED) is 0.281. The highest BCUT2D eigenvalue weighted by molar-refractivity contribution is 6.31. The van der Waals surface area contributed by atoms with Crippen molar-refractivity contribution in [2.24, 2.45) is 5.10 Å². The van der Waals surface area contributed by atoms with Gasteiger partial charge in [0.15, 0.2) is 0 Å². The van der Waals surface area contributed by atoms with Crippen LogP contribution in [0.2, 0.25) is 5.02 Å². The molecule has 0 aliphatic heterocycles. The number of aromatic nitrogens is 2. The number of carbonyl (C=O) groups excluding carboxylic acids is 1. The van der Waals surface area contributed by atoms with Crippen molar-refractivity contribution in [3.05, 3.63) is 101 Å². The van der Waals surface area contributed by atoms with Gasteiger partial charge in [-0.25, -0.2) is 5.43 Å². The predicted octanol–water partition coefficient (Wildman–Crippen LogP) is 4.78. The molecule has 32 heavy (non-hydrogen) atoms. The third kappa shape index (κ3) is 4.96. The number of benzene rings is 3. The molecule has 4 aromatic rings. The number of hydrogen-bond acceptors (Lipinski definition) is 5. The Balaban J connectivity index is 1.46. The van der Waals surface area contributed by atoms with Gasteiger partial charge in [-0.2, -0.15) is 10.2 Å². The van der Waals surface area contributed by atoms with Gasteiger partial charge in [-0.15, -0.1) is 0 Å². The van der Waals surface area contributed by atoms with Crippen molar-refractivity contribution in [3.8, 4) is 22.8 Å². The van der Waals surface area contributed by atoms with Crippen LogP contribution in [0.25, 0.3) is 11.3 Å². The van der Waals surface area contributed by atoms with Gasteiger partial charge < -0.3 is 9.84 Å². The van der Waals surface area contributed by atoms with Gasteiger partial charge in [0.2, 0.25) is 0 Å². The van der Waals surface area contributed by atoms with Crippen molar-refractivity contribution in [1.29, 1.82) is 0 Å². The lowest BCUT2D eigenvalue weighted by molar-refractivity contribution is 0.0950. The van der Waals surface area contributed by atoms with E-state index in [1.165, 1.54) is 12.3 Å². The maximum Gasteiger partial charge on any atom is 0.289 e. The first kappa shape index (κ1) is 21.1. The van der Waals surface area contributed by atoms with Crippen LogP contribution in [-0.2, 0) is 6.61 Å². The standard InChI is InChI=1S/C24H19ClN4O3/c25-19-10-4-1-8-17(19)15-32-23-12-6-3-9-18(23)20-13-21(28-27-20)24(31)29-26-14-16-7-2-5-11-22(16)30/h1-14,30H,15H2,(H,27,28)(H,29,31)/b26-14-. The molecule has 0 bridgehead atoms. The van der Waals surface area contributed by atoms with Crippen LogP contribution < -0.4 is 10.2 Å². The van der Waals surface area contributed by atoms with Crippen molar-refractivity contribution in [3.63, 3.8) is 0 Å². The highest BCUT2D eigenvalue weighted by Crippen LogP contribution is 2.30. The zero-order valence-electron chi connectivity index (χ0n) is 16.8. The molecule has 0 aliphatic carbocycles. The zero-order valence-corrected chi connectivity index (χ0v) is 17.6. The number of nitrogens with zero attached hydrogens (tertiary/aromatic N) is 2. The van der Waals surface area contributed by atoms with E-state index in [-0.39, 0.29) is 11.4 Å². The number of phenols is 1. The number of hydrogen-bond donors (Lipinski definition) is 3. The first-order valence-electron chi connectivity index (χ1n) is 9.74. The lowest BCUT2D eigenvalue weighted by atomic mass is 10.1. The van der Waals surface area contributed by atoms with Crippen molar-refractivity contribution in [2.75, 3.05) is 0 Å². The topological polar surface area (TPSA) is 99.6 Å². The molecule has 1 aromatic heterocycles. The van der Waals surface area contributed by atoms with Gasteiger partial charge in [0.25, 0.3) is 5.91 Å². The highest BCUT2D eigenvalue weighted by Gasteiger charge is 2.14. The second-order valence-electron chi connectivity index (χ2n) is 6.80. The van der Waals surface area contributed by atoms with Crippen molar-refractivity contribution < 1.29 is 14.6 Å². The Kier molecular flexibility index (Phi) is 6.48. The van der Waals surface area contributed by atoms with Crippen LogP contribution in [0.5, 0.6) is 11.5 Å². The lowest BCUT2D eigenvalue weighted by Crippen LogP contribution is -2.18. The number of aromatic amines is 1. The van der Waals surface area contributed by atoms with Crippen LogP contribution >= 0.6 is 11.6 Å². The maximum atomic E-state index is 12.4. The normalized spacial score (nSPS) is 10.9. The molecule has 160 valence electrons. The fourth-order valence-electron chi connectivity index (χ4n) is 2.97. The first-order valence-corrected chi connectivity index (χ1v) is 10.1. The summed E-state index contributed by atoms with van der Waals surface area (Å²) >= 11 is 6.21. The summed E-state index contributed by atoms with van der Waals surface area (Å²) in [4.78, 5) is 12.4. The Morgan fingerprint density at radius 2 is 1.84 bits per heavy atom. The maximum absolute atomic E-state index is 12.4. The van der Waals surface area contributed by atoms with Crippen LogP contribution in [0.3, 0.4) is 0 Å². The van der Waals surface area contributed by atoms with Gasteiger partial charge >= 0.3 is 0 Å². The summed E-state index contributed by atoms with van der Waals surface area (Å²) in [7, 11) is 0. The molecule has 0 saturated carbocycles. The van der Waals surface area contributed by atoms with E-state index in [0.717, 1.165) is 11.1 Å². The van der Waals surface area contributed by atoms with Crippen LogP contribution in [0.1, 0.15) is 21.6 Å². The summed E-state index contributed by atoms with van der Waals surface area (Å²) in [5.41, 5.74) is 5.28. The van der Waals surface area contributed by atoms with E-state index in [9.17, 15) is 9.90 Å². The van der Waals surface area contributed by atoms with Crippen LogP contribution in [-0.4, -0.2) is 27.4 Å². The minimum atomic E-state index is -0.468. The van der Waals surface area contributed by atoms with Gasteiger partial charge in [0.1, 0.15) is 23.8 Å². The van der Waals surface area contributed by atoms with Gasteiger partial charge in [0.05, 0.1) is 11.9 Å². The largest absolute Gasteiger partial charge is 0.507 e. The van der Waals surface area contributed by atoms with Crippen molar-refractivity contribution in [1.82, 2.24) is 15.6 Å². The fraction of sp³-hybridized carbons (Fsp3) is 0.0417. The molecule has 1 amide bonds. The number of hydrazone groups is 1. The molecule has 0 radical (unpaired) electrons. The van der Waals surface area contributed by atoms with E-state index >= 15 is 0 Å². The third-order valence-corrected chi connectivity index (χ3v) is 5.00. The number of halogens is 1. The Labute approximate surface area is 189 Å². The molecule has 4 rings (SSSR count). The monoisotopic (exact) mass is 446 g/mol. The van der Waals surface area contributed by atoms with Crippen LogP contribution in [0, 0.1) is 0 Å². The molecule has 3 N–H and O–H groups in total. The molecule has 3 aromatic carbocycles. The summed E-state index contributed by atoms with van der Waals surface area (Å²) < 4.78 is 5.97. The molecular formula is C24H19ClN4O3. The zero-order chi connectivity index (χ0) is 22.3. The second-order valence-corrected chi connectivity index (χ2v) is 7.21. The highest BCUT2D eigenvalue weighted by atomic mass is 35.5. The lowest BCUT2D eigenvalue weighted by Gasteiger charge is -2.11. The molecule has 0 unspecified atom stereocenters. The average Bonchev–Trinajstić information content (AvgIpc) is 3.30. The van der Waals surface area contributed by atoms with E-state index < -0.39 is 5.91 Å². The number of amides is 1. The summed E-state index contributed by atoms with van der Waals surface area (Å²) in [5.74, 6) is 0.219. The SMILES string of the molecule is O=C(N/N=C\c1ccccc1O)c1cc(-c2ccccc2OCc2ccccc2Cl)n[nH]1. The van der Waals surface area contributed by atoms with Gasteiger partial charge in [-0.05, 0) is 36.4 Å². The van der Waals surface area contributed by atoms with E-state index in [1.807, 2.05) is 48.5 Å². The number of para-hydroxylation sites is 2. The number of aromatic hydroxyl groups is 1. The van der Waals surface area contributed by atoms with Crippen LogP contribution in [0.15, 0.2) is 84.0 Å². The molecular weight excluding hydrogens is 428 g/mol. The molecule has 8 heteroatoms. The summed E-state index contributed by atoms with van der Waals surface area (Å²) in [6, 6.07) is 23.2. The Hall–Kier alpha value is -4.10. The molecule has 0 saturated heterocycles. The number of ether oxygens (including phenoxy) is 1. The number of carbonyl (C=O) groups is 1. The smallest absolute Gasteiger partial charge is 0.289 e. The Morgan fingerprint density at radius 3 is 2.69 bits per heavy atom. The van der Waals surface area contributed by atoms with Crippen LogP contribution in [0.4, 0.5) is 0 Å². The summed E-state index contributed by atoms with van der Waals surface area (Å²) in [5, 5.41) is 21.2. The molecule has 1 heterocycles. The fourth-order valence-corrected chi connectivity index (χ4v) is 3.16. The first-order chi connectivity index (χ1) is 15.6. The van der Waals surface area contributed by atoms with E-state index in [4.69, 9.17) is 16.3 Å². The molecule has 0 fully saturated rings. The average molecular weight is 447 g/mol. The predicted molar refractivity (Wildman–Crippen MR) is 123 cm³/mol. The van der Waals surface area contributed by atoms with Gasteiger partial charge in [0, 0.05) is 21.7 Å². The third-order valence-electron chi connectivity index (χ3n) is 4.63. The van der Waals surface area contributed by atoms with Crippen molar-refractivity contribution in [2.45, 2.75) is 6.61 Å². The molecule has 0 spiro atoms. The van der Waals surface area contributed by atoms with E-state index in [0.29, 0.717) is 28.6 Å². The number of nitrogens with one attached hydrogen (secondary N) is 2. The van der Waals surface area contributed by atoms with E-state index in [2.05, 4.69) is 20.7 Å². The Morgan fingerprint density at radius 1 is 1.09 bits per heavy atom. The molecule has 7 nitrogen and oxygen atoms in total. The van der Waals surface area contributed by atoms with E-state index in [1.54, 1.807) is 24.3 Å². The number of phenolic OH excluding ortho intramolecular Hbond substituents is 1. The Bertz CT molecular complexity index is 1270. The van der Waals surface area contributed by atoms with Gasteiger partial charge in [-0.1, -0.05) is 54.1 Å². The molecule has 0 atom stereocenters. The minimum absolute atomic E-state index is 0.0720. The number of H-pyrrole nitrogens is 1. The molecule has 0 aliphatic rings. The second kappa shape index (κ2) is 9.80. The van der Waals surface area contributed by atoms with Gasteiger partial charge in [-0.3, -0.25) is 9.89 Å². The number of rotatable bonds is 7. The summed E-state index contributed by atoms with van der Waals surface area (Å²) in [6.45, 7) is 0.301. The minimum Gasteiger partial charge on any atom is -0.507 e. The van der Waals surface area contributed by atoms with Crippen molar-refractivity contribution >= 4 is 23.7 Å². The summed E-state index contributed by atoms with van der Waals surface area (Å²) in [6.07, 6.45) is 1.36.